The molecule has 8 heteroatoms. The monoisotopic (exact) mass is 375 g/mol. The van der Waals surface area contributed by atoms with Crippen LogP contribution in [0.5, 0.6) is 0 Å². The van der Waals surface area contributed by atoms with Crippen molar-refractivity contribution in [2.45, 2.75) is 31.6 Å². The molecule has 0 aliphatic heterocycles. The van der Waals surface area contributed by atoms with E-state index in [1.165, 1.54) is 0 Å². The van der Waals surface area contributed by atoms with Crippen molar-refractivity contribution in [3.8, 4) is 0 Å². The molecule has 0 aliphatic carbocycles. The summed E-state index contributed by atoms with van der Waals surface area (Å²) in [6.07, 6.45) is -10.0. The van der Waals surface area contributed by atoms with Crippen LogP contribution in [0.2, 0.25) is 0 Å². The lowest BCUT2D eigenvalue weighted by atomic mass is 9.97. The Bertz CT molecular complexity index is 735. The largest absolute Gasteiger partial charge is 0.416 e. The first-order chi connectivity index (χ1) is 12.0. The van der Waals surface area contributed by atoms with Crippen LogP contribution in [0.1, 0.15) is 36.0 Å². The molecule has 2 aromatic carbocycles. The van der Waals surface area contributed by atoms with Crippen LogP contribution in [0.4, 0.5) is 32.0 Å². The number of hydrogen-bond acceptors (Lipinski definition) is 1. The third-order valence-electron chi connectivity index (χ3n) is 3.73. The minimum Gasteiger partial charge on any atom is -0.326 e. The molecule has 0 saturated carbocycles. The van der Waals surface area contributed by atoms with E-state index in [1.807, 2.05) is 0 Å². The van der Waals surface area contributed by atoms with Gasteiger partial charge >= 0.3 is 12.4 Å². The molecule has 1 N–H and O–H groups in total. The number of alkyl halides is 6. The molecular formula is C18H15F6NO. The van der Waals surface area contributed by atoms with E-state index in [1.54, 1.807) is 37.3 Å². The van der Waals surface area contributed by atoms with Crippen LogP contribution in [0, 0.1) is 0 Å². The third-order valence-corrected chi connectivity index (χ3v) is 3.73. The van der Waals surface area contributed by atoms with Crippen molar-refractivity contribution < 1.29 is 31.1 Å². The van der Waals surface area contributed by atoms with Gasteiger partial charge in [0, 0.05) is 12.1 Å². The van der Waals surface area contributed by atoms with E-state index in [9.17, 15) is 31.1 Å². The van der Waals surface area contributed by atoms with E-state index >= 15 is 0 Å². The maximum absolute atomic E-state index is 12.8. The number of hydrogen-bond donors (Lipinski definition) is 1. The van der Waals surface area contributed by atoms with Crippen LogP contribution in [0.25, 0.3) is 0 Å². The molecule has 2 nitrogen and oxygen atoms in total. The van der Waals surface area contributed by atoms with Crippen LogP contribution in [0.15, 0.2) is 48.5 Å². The van der Waals surface area contributed by atoms with Gasteiger partial charge in [0.15, 0.2) is 0 Å². The Morgan fingerprint density at radius 3 is 1.88 bits per heavy atom. The van der Waals surface area contributed by atoms with Gasteiger partial charge in [-0.15, -0.1) is 0 Å². The van der Waals surface area contributed by atoms with Gasteiger partial charge in [-0.25, -0.2) is 0 Å². The number of amides is 1. The van der Waals surface area contributed by atoms with Crippen LogP contribution in [-0.4, -0.2) is 5.91 Å². The van der Waals surface area contributed by atoms with Crippen molar-refractivity contribution in [3.05, 3.63) is 65.2 Å². The zero-order valence-electron chi connectivity index (χ0n) is 13.6. The summed E-state index contributed by atoms with van der Waals surface area (Å²) < 4.78 is 76.9. The summed E-state index contributed by atoms with van der Waals surface area (Å²) in [5.41, 5.74) is -2.66. The summed E-state index contributed by atoms with van der Waals surface area (Å²) in [7, 11) is 0. The Kier molecular flexibility index (Phi) is 5.63. The normalized spacial score (nSPS) is 13.3. The molecule has 0 saturated heterocycles. The minimum absolute atomic E-state index is 0.0161. The highest BCUT2D eigenvalue weighted by atomic mass is 19.4. The van der Waals surface area contributed by atoms with Crippen molar-refractivity contribution in [2.75, 3.05) is 5.32 Å². The van der Waals surface area contributed by atoms with E-state index in [-0.39, 0.29) is 18.4 Å². The van der Waals surface area contributed by atoms with E-state index in [0.29, 0.717) is 12.1 Å². The van der Waals surface area contributed by atoms with Gasteiger partial charge in [0.2, 0.25) is 5.91 Å². The van der Waals surface area contributed by atoms with Crippen LogP contribution < -0.4 is 5.32 Å². The lowest BCUT2D eigenvalue weighted by molar-refractivity contribution is -0.143. The summed E-state index contributed by atoms with van der Waals surface area (Å²) >= 11 is 0. The molecule has 2 rings (SSSR count). The lowest BCUT2D eigenvalue weighted by Crippen LogP contribution is -2.17. The molecular weight excluding hydrogens is 360 g/mol. The fraction of sp³-hybridized carbons (Fsp3) is 0.278. The van der Waals surface area contributed by atoms with Gasteiger partial charge < -0.3 is 5.32 Å². The molecule has 0 fully saturated rings. The smallest absolute Gasteiger partial charge is 0.326 e. The Balaban J connectivity index is 2.21. The van der Waals surface area contributed by atoms with Crippen LogP contribution >= 0.6 is 0 Å². The predicted molar refractivity (Wildman–Crippen MR) is 84.5 cm³/mol. The number of halogens is 6. The summed E-state index contributed by atoms with van der Waals surface area (Å²) in [5, 5.41) is 2.13. The van der Waals surface area contributed by atoms with Gasteiger partial charge in [-0.05, 0) is 29.7 Å². The Hall–Kier alpha value is -2.51. The van der Waals surface area contributed by atoms with Crippen LogP contribution in [-0.2, 0) is 17.1 Å². The first-order valence-corrected chi connectivity index (χ1v) is 7.61. The molecule has 1 atom stereocenters. The second kappa shape index (κ2) is 7.39. The molecule has 0 bridgehead atoms. The highest BCUT2D eigenvalue weighted by Crippen LogP contribution is 2.37. The van der Waals surface area contributed by atoms with Gasteiger partial charge in [-0.1, -0.05) is 37.3 Å². The first-order valence-electron chi connectivity index (χ1n) is 7.61. The SMILES string of the molecule is C[C@H](CC(=O)Nc1cc(C(F)(F)F)cc(C(F)(F)F)c1)c1ccccc1. The van der Waals surface area contributed by atoms with Crippen molar-refractivity contribution >= 4 is 11.6 Å². The zero-order valence-corrected chi connectivity index (χ0v) is 13.6. The van der Waals surface area contributed by atoms with Crippen molar-refractivity contribution in [2.24, 2.45) is 0 Å². The first kappa shape index (κ1) is 19.8. The van der Waals surface area contributed by atoms with Crippen molar-refractivity contribution in [1.82, 2.24) is 0 Å². The molecule has 0 aliphatic rings. The van der Waals surface area contributed by atoms with E-state index in [2.05, 4.69) is 5.32 Å². The van der Waals surface area contributed by atoms with Gasteiger partial charge in [0.25, 0.3) is 0 Å². The Morgan fingerprint density at radius 1 is 0.923 bits per heavy atom. The molecule has 0 aromatic heterocycles. The third kappa shape index (κ3) is 5.24. The molecule has 0 spiro atoms. The predicted octanol–water partition coefficient (Wildman–Crippen LogP) is 5.86. The maximum atomic E-state index is 12.8. The van der Waals surface area contributed by atoms with E-state index in [4.69, 9.17) is 0 Å². The summed E-state index contributed by atoms with van der Waals surface area (Å²) in [6, 6.07) is 9.88. The topological polar surface area (TPSA) is 29.1 Å². The second-order valence-electron chi connectivity index (χ2n) is 5.86. The van der Waals surface area contributed by atoms with Crippen molar-refractivity contribution in [3.63, 3.8) is 0 Å². The number of carbonyl (C=O) groups is 1. The van der Waals surface area contributed by atoms with Gasteiger partial charge in [0.1, 0.15) is 0 Å². The number of anilines is 1. The Labute approximate surface area is 145 Å². The highest BCUT2D eigenvalue weighted by Gasteiger charge is 2.37. The van der Waals surface area contributed by atoms with E-state index in [0.717, 1.165) is 5.56 Å². The van der Waals surface area contributed by atoms with Gasteiger partial charge in [-0.2, -0.15) is 26.3 Å². The average Bonchev–Trinajstić information content (AvgIpc) is 2.53. The van der Waals surface area contributed by atoms with Crippen LogP contribution in [0.3, 0.4) is 0 Å². The standard InChI is InChI=1S/C18H15F6NO/c1-11(12-5-3-2-4-6-12)7-16(26)25-15-9-13(17(19,20)21)8-14(10-15)18(22,23)24/h2-6,8-11H,7H2,1H3,(H,25,26)/t11-/m1/s1. The van der Waals surface area contributed by atoms with E-state index < -0.39 is 35.1 Å². The molecule has 26 heavy (non-hydrogen) atoms. The molecule has 140 valence electrons. The zero-order chi connectivity index (χ0) is 19.5. The fourth-order valence-electron chi connectivity index (χ4n) is 2.42. The summed E-state index contributed by atoms with van der Waals surface area (Å²) in [5.74, 6) is -0.919. The molecule has 2 aromatic rings. The average molecular weight is 375 g/mol. The van der Waals surface area contributed by atoms with Gasteiger partial charge in [0.05, 0.1) is 11.1 Å². The van der Waals surface area contributed by atoms with Crippen molar-refractivity contribution in [1.29, 1.82) is 0 Å². The Morgan fingerprint density at radius 2 is 1.42 bits per heavy atom. The number of nitrogens with one attached hydrogen (secondary N) is 1. The maximum Gasteiger partial charge on any atom is 0.416 e. The molecule has 0 radical (unpaired) electrons. The highest BCUT2D eigenvalue weighted by molar-refractivity contribution is 5.91. The second-order valence-corrected chi connectivity index (χ2v) is 5.86. The molecule has 0 heterocycles. The minimum atomic E-state index is -4.96. The summed E-state index contributed by atoms with van der Waals surface area (Å²) in [6.45, 7) is 1.74. The summed E-state index contributed by atoms with van der Waals surface area (Å²) in [4.78, 5) is 12.0. The number of benzene rings is 2. The quantitative estimate of drug-likeness (QED) is 0.667. The fourth-order valence-corrected chi connectivity index (χ4v) is 2.42. The van der Waals surface area contributed by atoms with Gasteiger partial charge in [-0.3, -0.25) is 4.79 Å². The molecule has 1 amide bonds. The number of rotatable bonds is 4. The molecule has 0 unspecified atom stereocenters. The lowest BCUT2D eigenvalue weighted by Gasteiger charge is -2.16. The number of carbonyl (C=O) groups excluding carboxylic acids is 1.